The molecule has 0 unspecified atom stereocenters. The molecule has 2 aliphatic heterocycles. The molecule has 0 atom stereocenters. The minimum Gasteiger partial charge on any atom is -0.497 e. The molecule has 0 bridgehead atoms. The van der Waals surface area contributed by atoms with Gasteiger partial charge in [0.1, 0.15) is 10.6 Å². The van der Waals surface area contributed by atoms with Gasteiger partial charge in [-0.05, 0) is 29.7 Å². The van der Waals surface area contributed by atoms with Gasteiger partial charge >= 0.3 is 0 Å². The number of pyridine rings is 1. The lowest BCUT2D eigenvalue weighted by Crippen LogP contribution is -2.29. The number of carbonyl (C=O) groups is 2. The van der Waals surface area contributed by atoms with Gasteiger partial charge in [-0.2, -0.15) is 0 Å². The molecule has 0 aliphatic carbocycles. The molecule has 10 heteroatoms. The fourth-order valence-corrected chi connectivity index (χ4v) is 7.61. The smallest absolute Gasteiger partial charge is 0.230 e. The lowest BCUT2D eigenvalue weighted by atomic mass is 9.97. The predicted octanol–water partition coefficient (Wildman–Crippen LogP) is 3.75. The normalized spacial score (nSPS) is 17.8. The van der Waals surface area contributed by atoms with Gasteiger partial charge in [-0.1, -0.05) is 23.7 Å². The van der Waals surface area contributed by atoms with Crippen molar-refractivity contribution < 1.29 is 22.7 Å². The second-order valence-corrected chi connectivity index (χ2v) is 11.5. The van der Waals surface area contributed by atoms with E-state index in [-0.39, 0.29) is 42.7 Å². The molecule has 0 saturated carbocycles. The number of hydrogen-bond acceptors (Lipinski definition) is 7. The van der Waals surface area contributed by atoms with Crippen LogP contribution in [0.3, 0.4) is 0 Å². The van der Waals surface area contributed by atoms with Crippen molar-refractivity contribution >= 4 is 54.8 Å². The Morgan fingerprint density at radius 3 is 2.47 bits per heavy atom. The molecule has 2 aromatic heterocycles. The zero-order valence-corrected chi connectivity index (χ0v) is 19.6. The number of amides is 2. The first kappa shape index (κ1) is 21.4. The first-order chi connectivity index (χ1) is 15.3. The fourth-order valence-electron chi connectivity index (χ4n) is 4.25. The summed E-state index contributed by atoms with van der Waals surface area (Å²) in [6.07, 6.45) is 0.783. The molecule has 32 heavy (non-hydrogen) atoms. The van der Waals surface area contributed by atoms with Crippen LogP contribution in [0.5, 0.6) is 5.75 Å². The van der Waals surface area contributed by atoms with E-state index in [0.717, 1.165) is 27.0 Å². The Morgan fingerprint density at radius 2 is 1.81 bits per heavy atom. The van der Waals surface area contributed by atoms with E-state index < -0.39 is 9.84 Å². The van der Waals surface area contributed by atoms with Crippen molar-refractivity contribution in [2.24, 2.45) is 0 Å². The quantitative estimate of drug-likeness (QED) is 0.517. The number of fused-ring (bicyclic) bond motifs is 3. The highest BCUT2D eigenvalue weighted by atomic mass is 35.5. The van der Waals surface area contributed by atoms with Gasteiger partial charge in [0.05, 0.1) is 35.9 Å². The summed E-state index contributed by atoms with van der Waals surface area (Å²) in [7, 11) is -1.56. The van der Waals surface area contributed by atoms with Gasteiger partial charge in [0, 0.05) is 28.7 Å². The Bertz CT molecular complexity index is 1360. The van der Waals surface area contributed by atoms with Crippen molar-refractivity contribution in [3.63, 3.8) is 0 Å². The number of imide groups is 1. The molecule has 0 spiro atoms. The van der Waals surface area contributed by atoms with Crippen LogP contribution in [-0.4, -0.2) is 43.0 Å². The van der Waals surface area contributed by atoms with Gasteiger partial charge in [-0.15, -0.1) is 11.3 Å². The third-order valence-corrected chi connectivity index (χ3v) is 9.16. The van der Waals surface area contributed by atoms with Crippen LogP contribution in [0, 0.1) is 0 Å². The number of halogens is 1. The summed E-state index contributed by atoms with van der Waals surface area (Å²) in [5, 5.41) is 1.21. The number of thiophene rings is 1. The molecule has 2 aliphatic rings. The lowest BCUT2D eigenvalue weighted by molar-refractivity contribution is -0.139. The third kappa shape index (κ3) is 3.58. The summed E-state index contributed by atoms with van der Waals surface area (Å²) in [5.41, 5.74) is 2.96. The summed E-state index contributed by atoms with van der Waals surface area (Å²) < 4.78 is 29.7. The number of likely N-dealkylation sites (tertiary alicyclic amines) is 1. The van der Waals surface area contributed by atoms with Crippen LogP contribution in [-0.2, 0) is 38.1 Å². The van der Waals surface area contributed by atoms with Gasteiger partial charge in [-0.3, -0.25) is 14.5 Å². The Morgan fingerprint density at radius 1 is 1.12 bits per heavy atom. The Kier molecular flexibility index (Phi) is 5.22. The number of hydrogen-bond donors (Lipinski definition) is 0. The summed E-state index contributed by atoms with van der Waals surface area (Å²) >= 11 is 8.21. The van der Waals surface area contributed by atoms with Gasteiger partial charge in [0.25, 0.3) is 0 Å². The van der Waals surface area contributed by atoms with Crippen molar-refractivity contribution in [2.75, 3.05) is 12.9 Å². The van der Waals surface area contributed by atoms with Crippen molar-refractivity contribution in [1.29, 1.82) is 0 Å². The highest BCUT2D eigenvalue weighted by Crippen LogP contribution is 2.45. The van der Waals surface area contributed by atoms with Crippen molar-refractivity contribution in [2.45, 2.75) is 31.6 Å². The predicted molar refractivity (Wildman–Crippen MR) is 123 cm³/mol. The maximum atomic E-state index is 12.2. The first-order valence-electron chi connectivity index (χ1n) is 10.1. The third-order valence-electron chi connectivity index (χ3n) is 5.89. The monoisotopic (exact) mass is 490 g/mol. The molecule has 1 fully saturated rings. The molecular weight excluding hydrogens is 472 g/mol. The standard InChI is InChI=1S/C22H19ClN2O5S2/c1-30-13-4-2-12(3-5-13)19-20-14-8-9-32(28,29)11-16(14)31-22(20)24-15(21(19)23)10-25-17(26)6-7-18(25)27/h2-5H,6-11H2,1H3. The van der Waals surface area contributed by atoms with E-state index in [1.54, 1.807) is 7.11 Å². The van der Waals surface area contributed by atoms with Crippen LogP contribution in [0.25, 0.3) is 21.3 Å². The Balaban J connectivity index is 1.73. The molecule has 7 nitrogen and oxygen atoms in total. The van der Waals surface area contributed by atoms with Crippen LogP contribution in [0.4, 0.5) is 0 Å². The zero-order chi connectivity index (χ0) is 22.6. The number of nitrogens with zero attached hydrogens (tertiary/aromatic N) is 2. The second-order valence-electron chi connectivity index (χ2n) is 7.88. The van der Waals surface area contributed by atoms with Crippen LogP contribution in [0.2, 0.25) is 5.02 Å². The van der Waals surface area contributed by atoms with E-state index in [0.29, 0.717) is 27.7 Å². The number of aromatic nitrogens is 1. The van der Waals surface area contributed by atoms with Gasteiger partial charge in [-0.25, -0.2) is 13.4 Å². The van der Waals surface area contributed by atoms with Crippen LogP contribution < -0.4 is 4.74 Å². The van der Waals surface area contributed by atoms with Crippen molar-refractivity contribution in [3.8, 4) is 16.9 Å². The van der Waals surface area contributed by atoms with E-state index in [1.807, 2.05) is 24.3 Å². The molecule has 2 amide bonds. The van der Waals surface area contributed by atoms with Gasteiger partial charge in [0.15, 0.2) is 9.84 Å². The van der Waals surface area contributed by atoms with E-state index >= 15 is 0 Å². The second kappa shape index (κ2) is 7.83. The number of rotatable bonds is 4. The Hall–Kier alpha value is -2.49. The van der Waals surface area contributed by atoms with Crippen LogP contribution in [0.1, 0.15) is 29.0 Å². The minimum atomic E-state index is -3.15. The highest BCUT2D eigenvalue weighted by molar-refractivity contribution is 7.90. The first-order valence-corrected chi connectivity index (χ1v) is 13.1. The number of benzene rings is 1. The average molecular weight is 491 g/mol. The maximum absolute atomic E-state index is 12.2. The summed E-state index contributed by atoms with van der Waals surface area (Å²) in [5.74, 6) is 0.291. The number of carbonyl (C=O) groups excluding carboxylic acids is 2. The van der Waals surface area contributed by atoms with Crippen molar-refractivity contribution in [1.82, 2.24) is 9.88 Å². The summed E-state index contributed by atoms with van der Waals surface area (Å²) in [4.78, 5) is 31.7. The average Bonchev–Trinajstić information content (AvgIpc) is 3.27. The number of aryl methyl sites for hydroxylation is 1. The maximum Gasteiger partial charge on any atom is 0.230 e. The lowest BCUT2D eigenvalue weighted by Gasteiger charge is -2.18. The molecule has 3 aromatic rings. The van der Waals surface area contributed by atoms with Gasteiger partial charge < -0.3 is 4.74 Å². The Labute approximate surface area is 193 Å². The van der Waals surface area contributed by atoms with E-state index in [9.17, 15) is 18.0 Å². The van der Waals surface area contributed by atoms with Crippen LogP contribution in [0.15, 0.2) is 24.3 Å². The topological polar surface area (TPSA) is 93.6 Å². The number of sulfone groups is 1. The fraction of sp³-hybridized carbons (Fsp3) is 0.318. The molecule has 1 saturated heterocycles. The number of methoxy groups -OCH3 is 1. The summed E-state index contributed by atoms with van der Waals surface area (Å²) in [6, 6.07) is 7.43. The van der Waals surface area contributed by atoms with Gasteiger partial charge in [0.2, 0.25) is 11.8 Å². The zero-order valence-electron chi connectivity index (χ0n) is 17.2. The van der Waals surface area contributed by atoms with Crippen LogP contribution >= 0.6 is 22.9 Å². The minimum absolute atomic E-state index is 0.00351. The molecule has 166 valence electrons. The SMILES string of the molecule is COc1ccc(-c2c(Cl)c(CN3C(=O)CCC3=O)nc3sc4c(c23)CCS(=O)(=O)C4)cc1. The molecule has 5 rings (SSSR count). The highest BCUT2D eigenvalue weighted by Gasteiger charge is 2.32. The van der Waals surface area contributed by atoms with E-state index in [1.165, 1.54) is 16.2 Å². The summed E-state index contributed by atoms with van der Waals surface area (Å²) in [6.45, 7) is -0.00351. The molecule has 1 aromatic carbocycles. The van der Waals surface area contributed by atoms with Crippen molar-refractivity contribution in [3.05, 3.63) is 45.4 Å². The number of ether oxygens (including phenoxy) is 1. The molecule has 0 N–H and O–H groups in total. The molecular formula is C22H19ClN2O5S2. The molecule has 4 heterocycles. The van der Waals surface area contributed by atoms with E-state index in [2.05, 4.69) is 0 Å². The largest absolute Gasteiger partial charge is 0.497 e. The molecule has 0 radical (unpaired) electrons. The van der Waals surface area contributed by atoms with E-state index in [4.69, 9.17) is 21.3 Å².